The van der Waals surface area contributed by atoms with E-state index in [0.717, 1.165) is 11.1 Å². The number of alkyl halides is 2. The van der Waals surface area contributed by atoms with Crippen LogP contribution in [0, 0.1) is 0 Å². The van der Waals surface area contributed by atoms with Crippen LogP contribution in [0.25, 0.3) is 0 Å². The third-order valence-corrected chi connectivity index (χ3v) is 7.48. The van der Waals surface area contributed by atoms with Gasteiger partial charge in [0.05, 0.1) is 0 Å². The Morgan fingerprint density at radius 1 is 0.660 bits per heavy atom. The van der Waals surface area contributed by atoms with Crippen LogP contribution in [0.4, 0.5) is 5.69 Å². The van der Waals surface area contributed by atoms with Crippen LogP contribution in [-0.2, 0) is 33.1 Å². The number of hydrogen-bond acceptors (Lipinski definition) is 6. The molecule has 3 amide bonds. The number of benzene rings is 4. The maximum Gasteiger partial charge on any atom is 0.334 e. The van der Waals surface area contributed by atoms with Gasteiger partial charge in [0.15, 0.2) is 0 Å². The second kappa shape index (κ2) is 16.9. The predicted octanol–water partition coefficient (Wildman–Crippen LogP) is 4.98. The minimum atomic E-state index is -1.22. The molecule has 0 heterocycles. The highest BCUT2D eigenvalue weighted by Crippen LogP contribution is 2.17. The highest BCUT2D eigenvalue weighted by atomic mass is 35.5. The van der Waals surface area contributed by atoms with E-state index >= 15 is 0 Å². The van der Waals surface area contributed by atoms with Crippen molar-refractivity contribution in [3.63, 3.8) is 0 Å². The molecule has 4 rings (SSSR count). The van der Waals surface area contributed by atoms with Gasteiger partial charge in [-0.25, -0.2) is 9.59 Å². The molecule has 0 spiro atoms. The Hall–Kier alpha value is -5.19. The van der Waals surface area contributed by atoms with E-state index in [1.165, 1.54) is 18.2 Å². The number of ether oxygens (including phenoxy) is 1. The second-order valence-electron chi connectivity index (χ2n) is 10.4. The lowest BCUT2D eigenvalue weighted by Gasteiger charge is -2.18. The van der Waals surface area contributed by atoms with E-state index in [1.54, 1.807) is 54.6 Å². The van der Waals surface area contributed by atoms with Gasteiger partial charge in [-0.3, -0.25) is 14.4 Å². The molecule has 0 aliphatic heterocycles. The zero-order chi connectivity index (χ0) is 33.8. The van der Waals surface area contributed by atoms with Gasteiger partial charge in [-0.1, -0.05) is 60.7 Å². The number of carboxylic acids is 1. The highest BCUT2D eigenvalue weighted by molar-refractivity contribution is 6.29. The van der Waals surface area contributed by atoms with Crippen LogP contribution in [0.15, 0.2) is 103 Å². The Bertz CT molecular complexity index is 1730. The Kier molecular flexibility index (Phi) is 12.5. The Morgan fingerprint density at radius 2 is 1.23 bits per heavy atom. The molecule has 0 aromatic heterocycles. The highest BCUT2D eigenvalue weighted by Gasteiger charge is 2.25. The molecule has 0 aliphatic carbocycles. The number of rotatable bonds is 14. The van der Waals surface area contributed by atoms with Crippen molar-refractivity contribution in [3.05, 3.63) is 131 Å². The van der Waals surface area contributed by atoms with E-state index in [4.69, 9.17) is 27.9 Å². The van der Waals surface area contributed by atoms with Gasteiger partial charge in [-0.15, -0.1) is 23.2 Å². The van der Waals surface area contributed by atoms with Gasteiger partial charge >= 0.3 is 11.9 Å². The first-order valence-electron chi connectivity index (χ1n) is 14.4. The smallest absolute Gasteiger partial charge is 0.334 e. The summed E-state index contributed by atoms with van der Waals surface area (Å²) in [5, 5.41) is 17.6. The molecule has 0 saturated heterocycles. The number of nitrogens with one attached hydrogen (secondary N) is 3. The molecule has 242 valence electrons. The van der Waals surface area contributed by atoms with Crippen LogP contribution >= 0.6 is 23.2 Å². The molecule has 2 atom stereocenters. The molecule has 0 radical (unpaired) electrons. The minimum Gasteiger partial charge on any atom is -0.480 e. The number of aliphatic carboxylic acids is 1. The maximum absolute atomic E-state index is 13.3. The normalized spacial score (nSPS) is 11.9. The van der Waals surface area contributed by atoms with E-state index in [9.17, 15) is 29.1 Å². The third kappa shape index (κ3) is 10.4. The van der Waals surface area contributed by atoms with Gasteiger partial charge in [0.1, 0.15) is 23.7 Å². The van der Waals surface area contributed by atoms with Crippen LogP contribution in [-0.4, -0.2) is 52.7 Å². The first-order valence-corrected chi connectivity index (χ1v) is 15.5. The van der Waals surface area contributed by atoms with Crippen LogP contribution in [0.5, 0.6) is 5.75 Å². The van der Waals surface area contributed by atoms with E-state index in [-0.39, 0.29) is 35.9 Å². The molecule has 47 heavy (non-hydrogen) atoms. The van der Waals surface area contributed by atoms with Gasteiger partial charge in [0, 0.05) is 35.5 Å². The average molecular weight is 677 g/mol. The van der Waals surface area contributed by atoms with Gasteiger partial charge in [-0.2, -0.15) is 0 Å². The number of carbonyl (C=O) groups excluding carboxylic acids is 4. The van der Waals surface area contributed by atoms with Crippen LogP contribution < -0.4 is 20.7 Å². The second-order valence-corrected chi connectivity index (χ2v) is 11.0. The maximum atomic E-state index is 13.3. The summed E-state index contributed by atoms with van der Waals surface area (Å²) in [6.45, 7) is 0. The lowest BCUT2D eigenvalue weighted by atomic mass is 10.0. The summed E-state index contributed by atoms with van der Waals surface area (Å²) < 4.78 is 5.61. The van der Waals surface area contributed by atoms with Crippen molar-refractivity contribution in [3.8, 4) is 5.75 Å². The molecule has 4 aromatic carbocycles. The zero-order valence-corrected chi connectivity index (χ0v) is 26.5. The van der Waals surface area contributed by atoms with Crippen molar-refractivity contribution >= 4 is 58.5 Å². The van der Waals surface area contributed by atoms with Gasteiger partial charge in [-0.05, 0) is 59.2 Å². The Balaban J connectivity index is 1.44. The molecule has 4 N–H and O–H groups in total. The van der Waals surface area contributed by atoms with E-state index in [1.807, 2.05) is 30.3 Å². The third-order valence-electron chi connectivity index (χ3n) is 6.93. The summed E-state index contributed by atoms with van der Waals surface area (Å²) in [7, 11) is 0. The van der Waals surface area contributed by atoms with Crippen molar-refractivity contribution < 1.29 is 33.8 Å². The number of hydrogen-bond donors (Lipinski definition) is 4. The number of esters is 1. The fourth-order valence-corrected chi connectivity index (χ4v) is 4.80. The summed E-state index contributed by atoms with van der Waals surface area (Å²) in [6.07, 6.45) is 0.113. The zero-order valence-electron chi connectivity index (χ0n) is 25.0. The van der Waals surface area contributed by atoms with Crippen molar-refractivity contribution in [2.24, 2.45) is 0 Å². The SMILES string of the molecule is O=C(CCl)Nc1cccc(C(=O)N[C@@H](Cc2ccccc2)C(=O)Oc2ccc(C[C@H](NC(=O)c3cccc(CCl)c3)C(=O)O)cc2)c1. The predicted molar refractivity (Wildman–Crippen MR) is 178 cm³/mol. The Morgan fingerprint density at radius 3 is 1.87 bits per heavy atom. The summed E-state index contributed by atoms with van der Waals surface area (Å²) in [6, 6.07) is 25.8. The van der Waals surface area contributed by atoms with Crippen LogP contribution in [0.2, 0.25) is 0 Å². The first-order chi connectivity index (χ1) is 22.6. The van der Waals surface area contributed by atoms with Gasteiger partial charge < -0.3 is 25.8 Å². The number of carboxylic acid groups (broad SMARTS) is 1. The summed E-state index contributed by atoms with van der Waals surface area (Å²) in [5.41, 5.74) is 2.95. The van der Waals surface area contributed by atoms with Crippen molar-refractivity contribution in [1.29, 1.82) is 0 Å². The molecule has 12 heteroatoms. The largest absolute Gasteiger partial charge is 0.480 e. The monoisotopic (exact) mass is 675 g/mol. The Labute approximate surface area is 281 Å². The number of anilines is 1. The van der Waals surface area contributed by atoms with Crippen molar-refractivity contribution in [1.82, 2.24) is 10.6 Å². The van der Waals surface area contributed by atoms with Gasteiger partial charge in [0.25, 0.3) is 11.8 Å². The van der Waals surface area contributed by atoms with Crippen LogP contribution in [0.1, 0.15) is 37.4 Å². The summed E-state index contributed by atoms with van der Waals surface area (Å²) in [5.74, 6) is -3.34. The van der Waals surface area contributed by atoms with Crippen molar-refractivity contribution in [2.45, 2.75) is 30.8 Å². The number of halogens is 2. The summed E-state index contributed by atoms with van der Waals surface area (Å²) >= 11 is 11.4. The first kappa shape index (κ1) is 34.7. The van der Waals surface area contributed by atoms with E-state index in [0.29, 0.717) is 16.8 Å². The van der Waals surface area contributed by atoms with E-state index in [2.05, 4.69) is 16.0 Å². The molecule has 0 unspecified atom stereocenters. The van der Waals surface area contributed by atoms with E-state index < -0.39 is 41.7 Å². The fourth-order valence-electron chi connectivity index (χ4n) is 4.57. The lowest BCUT2D eigenvalue weighted by Crippen LogP contribution is -2.44. The number of carbonyl (C=O) groups is 5. The molecule has 0 fully saturated rings. The molecular weight excluding hydrogens is 645 g/mol. The summed E-state index contributed by atoms with van der Waals surface area (Å²) in [4.78, 5) is 62.8. The van der Waals surface area contributed by atoms with Gasteiger partial charge in [0.2, 0.25) is 5.91 Å². The fraction of sp³-hybridized carbons (Fsp3) is 0.171. The molecule has 0 saturated carbocycles. The molecule has 0 aliphatic rings. The molecule has 4 aromatic rings. The minimum absolute atomic E-state index is 0.0262. The topological polar surface area (TPSA) is 151 Å². The standard InChI is InChI=1S/C35H31Cl2N3O7/c36-20-24-8-4-9-25(16-24)32(42)39-29(34(44)45)17-23-12-14-28(15-13-23)47-35(46)30(18-22-6-2-1-3-7-22)40-33(43)26-10-5-11-27(19-26)38-31(41)21-37/h1-16,19,29-30H,17-18,20-21H2,(H,38,41)(H,39,42)(H,40,43)(H,44,45)/t29-,30-/m0/s1. The van der Waals surface area contributed by atoms with Crippen LogP contribution in [0.3, 0.4) is 0 Å². The molecule has 0 bridgehead atoms. The number of amides is 3. The average Bonchev–Trinajstić information content (AvgIpc) is 3.08. The van der Waals surface area contributed by atoms with Crippen molar-refractivity contribution in [2.75, 3.05) is 11.2 Å². The lowest BCUT2D eigenvalue weighted by molar-refractivity contribution is -0.139. The molecule has 10 nitrogen and oxygen atoms in total. The molecular formula is C35H31Cl2N3O7. The quantitative estimate of drug-likeness (QED) is 0.0837.